The van der Waals surface area contributed by atoms with Crippen molar-refractivity contribution in [3.05, 3.63) is 50.6 Å². The van der Waals surface area contributed by atoms with E-state index in [2.05, 4.69) is 14.9 Å². The standard InChI is InChI=1S/C13H8ClN3O3S/c1-20-12(19)9-6-10(18)17-11(15-16-13(17)21-9)7-2-4-8(14)5-3-7/h2-6H,1H3. The van der Waals surface area contributed by atoms with E-state index in [4.69, 9.17) is 11.6 Å². The average Bonchev–Trinajstić information content (AvgIpc) is 2.91. The van der Waals surface area contributed by atoms with E-state index in [0.29, 0.717) is 21.4 Å². The Hall–Kier alpha value is -2.25. The summed E-state index contributed by atoms with van der Waals surface area (Å²) in [6, 6.07) is 8.11. The highest BCUT2D eigenvalue weighted by Crippen LogP contribution is 2.21. The number of nitrogens with zero attached hydrogens (tertiary/aromatic N) is 3. The highest BCUT2D eigenvalue weighted by Gasteiger charge is 2.16. The van der Waals surface area contributed by atoms with Gasteiger partial charge in [-0.1, -0.05) is 22.9 Å². The minimum absolute atomic E-state index is 0.185. The lowest BCUT2D eigenvalue weighted by molar-refractivity contribution is 0.0606. The van der Waals surface area contributed by atoms with Gasteiger partial charge in [-0.25, -0.2) is 9.20 Å². The number of carbonyl (C=O) groups is 1. The van der Waals surface area contributed by atoms with Gasteiger partial charge >= 0.3 is 5.97 Å². The zero-order chi connectivity index (χ0) is 15.0. The predicted octanol–water partition coefficient (Wildman–Crippen LogP) is 2.26. The maximum absolute atomic E-state index is 12.2. The molecule has 0 radical (unpaired) electrons. The molecule has 0 saturated carbocycles. The van der Waals surface area contributed by atoms with E-state index >= 15 is 0 Å². The number of fused-ring (bicyclic) bond motifs is 1. The average molecular weight is 322 g/mol. The third kappa shape index (κ3) is 2.41. The molecule has 0 amide bonds. The van der Waals surface area contributed by atoms with Crippen LogP contribution in [0.1, 0.15) is 9.67 Å². The number of hydrogen-bond acceptors (Lipinski definition) is 6. The molecule has 0 bridgehead atoms. The van der Waals surface area contributed by atoms with Crippen molar-refractivity contribution in [1.82, 2.24) is 14.6 Å². The van der Waals surface area contributed by atoms with Crippen molar-refractivity contribution in [2.75, 3.05) is 7.11 Å². The third-order valence-electron chi connectivity index (χ3n) is 2.80. The van der Waals surface area contributed by atoms with Gasteiger partial charge in [0.05, 0.1) is 7.11 Å². The Kier molecular flexibility index (Phi) is 3.44. The molecule has 3 rings (SSSR count). The summed E-state index contributed by atoms with van der Waals surface area (Å²) in [7, 11) is 1.26. The number of hydrogen-bond donors (Lipinski definition) is 0. The van der Waals surface area contributed by atoms with Crippen LogP contribution in [0.25, 0.3) is 16.3 Å². The molecule has 0 aliphatic heterocycles. The van der Waals surface area contributed by atoms with Crippen LogP contribution in [0.5, 0.6) is 0 Å². The van der Waals surface area contributed by atoms with Gasteiger partial charge in [0.25, 0.3) is 5.56 Å². The van der Waals surface area contributed by atoms with E-state index in [0.717, 1.165) is 11.3 Å². The highest BCUT2D eigenvalue weighted by atomic mass is 35.5. The lowest BCUT2D eigenvalue weighted by Gasteiger charge is -2.01. The van der Waals surface area contributed by atoms with Crippen molar-refractivity contribution in [3.8, 4) is 11.4 Å². The molecule has 2 heterocycles. The molecule has 0 atom stereocenters. The fourth-order valence-electron chi connectivity index (χ4n) is 1.83. The Morgan fingerprint density at radius 1 is 1.29 bits per heavy atom. The predicted molar refractivity (Wildman–Crippen MR) is 78.9 cm³/mol. The number of halogens is 1. The van der Waals surface area contributed by atoms with Crippen LogP contribution in [0.2, 0.25) is 5.02 Å². The van der Waals surface area contributed by atoms with Crippen molar-refractivity contribution in [1.29, 1.82) is 0 Å². The lowest BCUT2D eigenvalue weighted by atomic mass is 10.2. The maximum Gasteiger partial charge on any atom is 0.348 e. The molecule has 106 valence electrons. The van der Waals surface area contributed by atoms with Crippen molar-refractivity contribution < 1.29 is 9.53 Å². The summed E-state index contributed by atoms with van der Waals surface area (Å²) < 4.78 is 5.95. The van der Waals surface area contributed by atoms with Gasteiger partial charge in [-0.3, -0.25) is 4.79 Å². The number of carbonyl (C=O) groups excluding carboxylic acids is 1. The van der Waals surface area contributed by atoms with E-state index < -0.39 is 5.97 Å². The normalized spacial score (nSPS) is 10.8. The van der Waals surface area contributed by atoms with Crippen LogP contribution >= 0.6 is 22.9 Å². The molecule has 3 aromatic rings. The molecule has 0 N–H and O–H groups in total. The fourth-order valence-corrected chi connectivity index (χ4v) is 2.82. The Morgan fingerprint density at radius 2 is 2.00 bits per heavy atom. The first-order valence-corrected chi connectivity index (χ1v) is 7.03. The molecule has 6 nitrogen and oxygen atoms in total. The van der Waals surface area contributed by atoms with Gasteiger partial charge in [0.15, 0.2) is 5.82 Å². The molecule has 1 aromatic carbocycles. The molecular formula is C13H8ClN3O3S. The zero-order valence-electron chi connectivity index (χ0n) is 10.7. The summed E-state index contributed by atoms with van der Waals surface area (Å²) in [6.07, 6.45) is 0. The van der Waals surface area contributed by atoms with Crippen LogP contribution in [0.3, 0.4) is 0 Å². The van der Waals surface area contributed by atoms with Crippen LogP contribution in [0.4, 0.5) is 0 Å². The Balaban J connectivity index is 2.21. The second-order valence-electron chi connectivity index (χ2n) is 4.09. The zero-order valence-corrected chi connectivity index (χ0v) is 12.3. The number of rotatable bonds is 2. The van der Waals surface area contributed by atoms with Gasteiger partial charge in [0.1, 0.15) is 4.88 Å². The van der Waals surface area contributed by atoms with Crippen molar-refractivity contribution in [3.63, 3.8) is 0 Å². The fraction of sp³-hybridized carbons (Fsp3) is 0.0769. The summed E-state index contributed by atoms with van der Waals surface area (Å²) in [5.41, 5.74) is 0.320. The maximum atomic E-state index is 12.2. The second-order valence-corrected chi connectivity index (χ2v) is 5.53. The summed E-state index contributed by atoms with van der Waals surface area (Å²) in [5.74, 6) is -0.171. The first kappa shape index (κ1) is 13.7. The van der Waals surface area contributed by atoms with Gasteiger partial charge < -0.3 is 4.74 Å². The number of methoxy groups -OCH3 is 1. The SMILES string of the molecule is COC(=O)c1cc(=O)n2c(-c3ccc(Cl)cc3)nnc2s1. The molecule has 21 heavy (non-hydrogen) atoms. The van der Waals surface area contributed by atoms with Crippen LogP contribution in [-0.2, 0) is 4.74 Å². The molecule has 0 unspecified atom stereocenters. The molecule has 0 fully saturated rings. The number of aromatic nitrogens is 3. The van der Waals surface area contributed by atoms with Crippen LogP contribution in [0.15, 0.2) is 35.1 Å². The number of ether oxygens (including phenoxy) is 1. The molecule has 2 aromatic heterocycles. The quantitative estimate of drug-likeness (QED) is 0.677. The molecule has 0 spiro atoms. The molecule has 8 heteroatoms. The number of esters is 1. The van der Waals surface area contributed by atoms with Gasteiger partial charge in [-0.05, 0) is 24.3 Å². The largest absolute Gasteiger partial charge is 0.465 e. The van der Waals surface area contributed by atoms with Crippen LogP contribution in [0, 0.1) is 0 Å². The summed E-state index contributed by atoms with van der Waals surface area (Å²) in [6.45, 7) is 0. The van der Waals surface area contributed by atoms with E-state index in [-0.39, 0.29) is 10.4 Å². The number of benzene rings is 1. The van der Waals surface area contributed by atoms with E-state index in [1.165, 1.54) is 17.6 Å². The van der Waals surface area contributed by atoms with Crippen LogP contribution in [-0.4, -0.2) is 27.7 Å². The van der Waals surface area contributed by atoms with E-state index in [1.807, 2.05) is 0 Å². The molecule has 0 aliphatic rings. The first-order valence-electron chi connectivity index (χ1n) is 5.83. The summed E-state index contributed by atoms with van der Waals surface area (Å²) in [4.78, 5) is 24.2. The van der Waals surface area contributed by atoms with Crippen molar-refractivity contribution in [2.45, 2.75) is 0 Å². The van der Waals surface area contributed by atoms with Gasteiger partial charge in [-0.2, -0.15) is 0 Å². The summed E-state index contributed by atoms with van der Waals surface area (Å²) in [5, 5.41) is 8.55. The Labute approximate surface area is 127 Å². The lowest BCUT2D eigenvalue weighted by Crippen LogP contribution is -2.14. The second kappa shape index (κ2) is 5.27. The minimum Gasteiger partial charge on any atom is -0.465 e. The summed E-state index contributed by atoms with van der Waals surface area (Å²) >= 11 is 6.88. The third-order valence-corrected chi connectivity index (χ3v) is 4.00. The molecule has 0 saturated heterocycles. The van der Waals surface area contributed by atoms with Gasteiger partial charge in [0.2, 0.25) is 4.96 Å². The molecular weight excluding hydrogens is 314 g/mol. The van der Waals surface area contributed by atoms with Crippen LogP contribution < -0.4 is 5.56 Å². The molecule has 0 aliphatic carbocycles. The monoisotopic (exact) mass is 321 g/mol. The minimum atomic E-state index is -0.573. The van der Waals surface area contributed by atoms with Gasteiger partial charge in [0, 0.05) is 16.7 Å². The first-order chi connectivity index (χ1) is 10.1. The van der Waals surface area contributed by atoms with Gasteiger partial charge in [-0.15, -0.1) is 10.2 Å². The van der Waals surface area contributed by atoms with E-state index in [9.17, 15) is 9.59 Å². The van der Waals surface area contributed by atoms with Crippen molar-refractivity contribution >= 4 is 33.9 Å². The smallest absolute Gasteiger partial charge is 0.348 e. The highest BCUT2D eigenvalue weighted by molar-refractivity contribution is 7.18. The Morgan fingerprint density at radius 3 is 2.67 bits per heavy atom. The van der Waals surface area contributed by atoms with Crippen molar-refractivity contribution in [2.24, 2.45) is 0 Å². The van der Waals surface area contributed by atoms with E-state index in [1.54, 1.807) is 24.3 Å². The Bertz CT molecular complexity index is 886. The topological polar surface area (TPSA) is 73.6 Å².